The topological polar surface area (TPSA) is 35.9 Å². The summed E-state index contributed by atoms with van der Waals surface area (Å²) in [6, 6.07) is 6.55. The molecule has 1 aliphatic heterocycles. The van der Waals surface area contributed by atoms with Gasteiger partial charge in [0.05, 0.1) is 19.3 Å². The van der Waals surface area contributed by atoms with E-state index < -0.39 is 6.10 Å². The molecule has 1 heterocycles. The Morgan fingerprint density at radius 1 is 1.25 bits per heavy atom. The zero-order chi connectivity index (χ0) is 14.4. The van der Waals surface area contributed by atoms with Crippen LogP contribution >= 0.6 is 0 Å². The van der Waals surface area contributed by atoms with Crippen molar-refractivity contribution in [2.45, 2.75) is 12.7 Å². The van der Waals surface area contributed by atoms with Gasteiger partial charge in [0.2, 0.25) is 0 Å². The number of likely N-dealkylation sites (N-methyl/N-ethyl adjacent to an activating group) is 1. The number of hydrogen-bond donors (Lipinski definition) is 1. The second-order valence-electron chi connectivity index (χ2n) is 5.36. The van der Waals surface area contributed by atoms with Gasteiger partial charge in [-0.25, -0.2) is 4.39 Å². The molecule has 1 aromatic rings. The molecule has 0 unspecified atom stereocenters. The van der Waals surface area contributed by atoms with Crippen LogP contribution in [0.3, 0.4) is 0 Å². The molecule has 20 heavy (non-hydrogen) atoms. The number of halogens is 1. The van der Waals surface area contributed by atoms with Gasteiger partial charge in [-0.1, -0.05) is 18.2 Å². The number of β-amino-alcohol motifs (C(OH)–C–C–N with tert-alkyl or cyclic N) is 1. The van der Waals surface area contributed by atoms with Crippen molar-refractivity contribution in [2.24, 2.45) is 0 Å². The Bertz CT molecular complexity index is 409. The highest BCUT2D eigenvalue weighted by Crippen LogP contribution is 2.08. The summed E-state index contributed by atoms with van der Waals surface area (Å²) in [5.41, 5.74) is 0.527. The Morgan fingerprint density at radius 2 is 1.95 bits per heavy atom. The molecule has 1 N–H and O–H groups in total. The molecule has 0 amide bonds. The first-order valence-corrected chi connectivity index (χ1v) is 7.05. The fourth-order valence-electron chi connectivity index (χ4n) is 2.30. The van der Waals surface area contributed by atoms with Crippen LogP contribution in [0.25, 0.3) is 0 Å². The molecule has 1 atom stereocenters. The maximum absolute atomic E-state index is 13.4. The highest BCUT2D eigenvalue weighted by Gasteiger charge is 2.17. The SMILES string of the molecule is CN1CCN(C[C@@H](O)COCc2ccccc2F)CC1. The fourth-order valence-corrected chi connectivity index (χ4v) is 2.30. The molecule has 0 saturated carbocycles. The Morgan fingerprint density at radius 3 is 2.65 bits per heavy atom. The number of aliphatic hydroxyl groups is 1. The van der Waals surface area contributed by atoms with Crippen LogP contribution in [0.5, 0.6) is 0 Å². The summed E-state index contributed by atoms with van der Waals surface area (Å²) < 4.78 is 18.8. The number of benzene rings is 1. The minimum absolute atomic E-state index is 0.201. The summed E-state index contributed by atoms with van der Waals surface area (Å²) in [5, 5.41) is 9.94. The van der Waals surface area contributed by atoms with Crippen molar-refractivity contribution in [3.8, 4) is 0 Å². The van der Waals surface area contributed by atoms with Crippen molar-refractivity contribution in [3.05, 3.63) is 35.6 Å². The lowest BCUT2D eigenvalue weighted by Crippen LogP contribution is -2.47. The van der Waals surface area contributed by atoms with Gasteiger partial charge >= 0.3 is 0 Å². The molecular weight excluding hydrogens is 259 g/mol. The summed E-state index contributed by atoms with van der Waals surface area (Å²) >= 11 is 0. The van der Waals surface area contributed by atoms with E-state index >= 15 is 0 Å². The van der Waals surface area contributed by atoms with Crippen LogP contribution in [0.1, 0.15) is 5.56 Å². The van der Waals surface area contributed by atoms with Crippen molar-refractivity contribution in [2.75, 3.05) is 46.4 Å². The average Bonchev–Trinajstić information content (AvgIpc) is 2.43. The molecule has 0 radical (unpaired) electrons. The molecule has 1 saturated heterocycles. The van der Waals surface area contributed by atoms with Gasteiger partial charge in [0, 0.05) is 38.3 Å². The highest BCUT2D eigenvalue weighted by atomic mass is 19.1. The molecule has 4 nitrogen and oxygen atoms in total. The summed E-state index contributed by atoms with van der Waals surface area (Å²) in [4.78, 5) is 4.51. The van der Waals surface area contributed by atoms with Gasteiger partial charge < -0.3 is 14.7 Å². The van der Waals surface area contributed by atoms with Crippen molar-refractivity contribution < 1.29 is 14.2 Å². The van der Waals surface area contributed by atoms with Crippen molar-refractivity contribution in [1.29, 1.82) is 0 Å². The average molecular weight is 282 g/mol. The van der Waals surface area contributed by atoms with Crippen molar-refractivity contribution in [1.82, 2.24) is 9.80 Å². The maximum atomic E-state index is 13.4. The molecule has 5 heteroatoms. The number of nitrogens with zero attached hydrogens (tertiary/aromatic N) is 2. The Labute approximate surface area is 119 Å². The van der Waals surface area contributed by atoms with Crippen LogP contribution in [0.2, 0.25) is 0 Å². The van der Waals surface area contributed by atoms with E-state index in [1.807, 2.05) is 0 Å². The van der Waals surface area contributed by atoms with E-state index in [4.69, 9.17) is 4.74 Å². The molecule has 112 valence electrons. The quantitative estimate of drug-likeness (QED) is 0.843. The molecule has 1 aliphatic rings. The smallest absolute Gasteiger partial charge is 0.128 e. The largest absolute Gasteiger partial charge is 0.389 e. The minimum atomic E-state index is -0.523. The zero-order valence-electron chi connectivity index (χ0n) is 12.0. The van der Waals surface area contributed by atoms with Gasteiger partial charge in [-0.15, -0.1) is 0 Å². The number of rotatable bonds is 6. The van der Waals surface area contributed by atoms with E-state index in [1.54, 1.807) is 18.2 Å². The van der Waals surface area contributed by atoms with E-state index in [9.17, 15) is 9.50 Å². The Balaban J connectivity index is 1.65. The highest BCUT2D eigenvalue weighted by molar-refractivity contribution is 5.16. The minimum Gasteiger partial charge on any atom is -0.389 e. The van der Waals surface area contributed by atoms with Crippen LogP contribution < -0.4 is 0 Å². The number of piperazine rings is 1. The second-order valence-corrected chi connectivity index (χ2v) is 5.36. The third-order valence-electron chi connectivity index (χ3n) is 3.59. The number of hydrogen-bond acceptors (Lipinski definition) is 4. The summed E-state index contributed by atoms with van der Waals surface area (Å²) in [6.07, 6.45) is -0.523. The first kappa shape index (κ1) is 15.4. The number of ether oxygens (including phenoxy) is 1. The molecular formula is C15H23FN2O2. The second kappa shape index (κ2) is 7.69. The molecule has 2 rings (SSSR count). The predicted octanol–water partition coefficient (Wildman–Crippen LogP) is 0.951. The van der Waals surface area contributed by atoms with E-state index in [2.05, 4.69) is 16.8 Å². The third kappa shape index (κ3) is 4.83. The maximum Gasteiger partial charge on any atom is 0.128 e. The lowest BCUT2D eigenvalue weighted by Gasteiger charge is -2.33. The Hall–Kier alpha value is -1.01. The number of aliphatic hydroxyl groups excluding tert-OH is 1. The first-order chi connectivity index (χ1) is 9.65. The predicted molar refractivity (Wildman–Crippen MR) is 76.0 cm³/mol. The fraction of sp³-hybridized carbons (Fsp3) is 0.600. The standard InChI is InChI=1S/C15H23FN2O2/c1-17-6-8-18(9-7-17)10-14(19)12-20-11-13-4-2-3-5-15(13)16/h2-5,14,19H,6-12H2,1H3/t14-/m1/s1. The Kier molecular flexibility index (Phi) is 5.91. The molecule has 0 aliphatic carbocycles. The van der Waals surface area contributed by atoms with Gasteiger partial charge in [0.1, 0.15) is 5.82 Å². The first-order valence-electron chi connectivity index (χ1n) is 7.05. The molecule has 1 fully saturated rings. The third-order valence-corrected chi connectivity index (χ3v) is 3.59. The van der Waals surface area contributed by atoms with Crippen LogP contribution in [0.4, 0.5) is 4.39 Å². The summed E-state index contributed by atoms with van der Waals surface area (Å²) in [7, 11) is 2.10. The van der Waals surface area contributed by atoms with E-state index in [0.29, 0.717) is 12.1 Å². The van der Waals surface area contributed by atoms with Crippen LogP contribution in [0, 0.1) is 5.82 Å². The normalized spacial score (nSPS) is 19.1. The van der Waals surface area contributed by atoms with Gasteiger partial charge in [0.15, 0.2) is 0 Å². The van der Waals surface area contributed by atoms with Crippen LogP contribution in [-0.4, -0.2) is 67.4 Å². The molecule has 0 aromatic heterocycles. The lowest BCUT2D eigenvalue weighted by atomic mass is 10.2. The molecule has 0 spiro atoms. The van der Waals surface area contributed by atoms with Crippen LogP contribution in [0.15, 0.2) is 24.3 Å². The van der Waals surface area contributed by atoms with Gasteiger partial charge in [-0.05, 0) is 13.1 Å². The lowest BCUT2D eigenvalue weighted by molar-refractivity contribution is 0.00231. The van der Waals surface area contributed by atoms with E-state index in [-0.39, 0.29) is 19.0 Å². The van der Waals surface area contributed by atoms with Crippen molar-refractivity contribution in [3.63, 3.8) is 0 Å². The molecule has 1 aromatic carbocycles. The van der Waals surface area contributed by atoms with Gasteiger partial charge in [0.25, 0.3) is 0 Å². The molecule has 0 bridgehead atoms. The zero-order valence-corrected chi connectivity index (χ0v) is 12.0. The van der Waals surface area contributed by atoms with Crippen molar-refractivity contribution >= 4 is 0 Å². The van der Waals surface area contributed by atoms with Crippen LogP contribution in [-0.2, 0) is 11.3 Å². The van der Waals surface area contributed by atoms with E-state index in [0.717, 1.165) is 26.2 Å². The summed E-state index contributed by atoms with van der Waals surface area (Å²) in [6.45, 7) is 5.06. The monoisotopic (exact) mass is 282 g/mol. The van der Waals surface area contributed by atoms with Gasteiger partial charge in [-0.3, -0.25) is 4.90 Å². The summed E-state index contributed by atoms with van der Waals surface area (Å²) in [5.74, 6) is -0.263. The van der Waals surface area contributed by atoms with E-state index in [1.165, 1.54) is 6.07 Å². The van der Waals surface area contributed by atoms with Gasteiger partial charge in [-0.2, -0.15) is 0 Å².